The molecule has 1 N–H and O–H groups in total. The largest absolute Gasteiger partial charge is 0.486 e. The maximum absolute atomic E-state index is 13.1. The summed E-state index contributed by atoms with van der Waals surface area (Å²) in [6.45, 7) is 3.00. The van der Waals surface area contributed by atoms with E-state index in [4.69, 9.17) is 9.47 Å². The maximum Gasteiger partial charge on any atom is 0.243 e. The van der Waals surface area contributed by atoms with Gasteiger partial charge in [-0.2, -0.15) is 9.40 Å². The molecular weight excluding hydrogens is 434 g/mol. The highest BCUT2D eigenvalue weighted by Gasteiger charge is 2.33. The molecule has 10 nitrogen and oxygen atoms in total. The van der Waals surface area contributed by atoms with Crippen LogP contribution in [0.25, 0.3) is 0 Å². The van der Waals surface area contributed by atoms with E-state index in [1.54, 1.807) is 16.8 Å². The average Bonchev–Trinajstić information content (AvgIpc) is 3.24. The van der Waals surface area contributed by atoms with Gasteiger partial charge < -0.3 is 19.7 Å². The van der Waals surface area contributed by atoms with Crippen molar-refractivity contribution in [2.75, 3.05) is 52.3 Å². The van der Waals surface area contributed by atoms with Crippen molar-refractivity contribution in [3.63, 3.8) is 0 Å². The molecule has 11 heteroatoms. The Morgan fingerprint density at radius 2 is 1.88 bits per heavy atom. The molecule has 0 bridgehead atoms. The molecule has 174 valence electrons. The highest BCUT2D eigenvalue weighted by molar-refractivity contribution is 7.89. The predicted molar refractivity (Wildman–Crippen MR) is 118 cm³/mol. The number of carbonyl (C=O) groups is 1. The third-order valence-electron chi connectivity index (χ3n) is 5.64. The number of ether oxygens (including phenoxy) is 2. The Bertz CT molecular complexity index is 1060. The number of nitrogens with zero attached hydrogens (tertiary/aromatic N) is 4. The minimum Gasteiger partial charge on any atom is -0.486 e. The Morgan fingerprint density at radius 1 is 1.16 bits per heavy atom. The summed E-state index contributed by atoms with van der Waals surface area (Å²) in [5.74, 6) is 1.12. The summed E-state index contributed by atoms with van der Waals surface area (Å²) in [5, 5.41) is 7.23. The summed E-state index contributed by atoms with van der Waals surface area (Å²) in [5.41, 5.74) is 0. The molecule has 32 heavy (non-hydrogen) atoms. The molecule has 1 amide bonds. The fourth-order valence-corrected chi connectivity index (χ4v) is 5.26. The summed E-state index contributed by atoms with van der Waals surface area (Å²) in [7, 11) is 0.318. The van der Waals surface area contributed by atoms with Gasteiger partial charge in [-0.05, 0) is 39.1 Å². The third kappa shape index (κ3) is 5.05. The second kappa shape index (κ2) is 9.47. The lowest BCUT2D eigenvalue weighted by Crippen LogP contribution is -2.41. The van der Waals surface area contributed by atoms with E-state index in [2.05, 4.69) is 15.3 Å². The third-order valence-corrected chi connectivity index (χ3v) is 7.54. The number of nitrogens with one attached hydrogen (secondary N) is 1. The van der Waals surface area contributed by atoms with Crippen molar-refractivity contribution >= 4 is 21.7 Å². The number of hydrogen-bond donors (Lipinski definition) is 1. The number of hydrogen-bond acceptors (Lipinski definition) is 7. The zero-order valence-corrected chi connectivity index (χ0v) is 19.2. The number of benzene rings is 1. The lowest BCUT2D eigenvalue weighted by atomic mass is 9.97. The van der Waals surface area contributed by atoms with Crippen molar-refractivity contribution in [3.8, 4) is 11.5 Å². The van der Waals surface area contributed by atoms with Gasteiger partial charge in [0.15, 0.2) is 17.3 Å². The molecule has 2 aromatic rings. The van der Waals surface area contributed by atoms with E-state index in [0.717, 1.165) is 13.1 Å². The molecule has 2 aliphatic rings. The number of anilines is 1. The van der Waals surface area contributed by atoms with Crippen LogP contribution in [-0.2, 0) is 21.4 Å². The van der Waals surface area contributed by atoms with Crippen LogP contribution >= 0.6 is 0 Å². The Kier molecular flexibility index (Phi) is 6.68. The van der Waals surface area contributed by atoms with Gasteiger partial charge in [0.1, 0.15) is 13.2 Å². The van der Waals surface area contributed by atoms with Crippen molar-refractivity contribution in [1.29, 1.82) is 0 Å². The van der Waals surface area contributed by atoms with E-state index in [9.17, 15) is 13.2 Å². The Balaban J connectivity index is 1.33. The van der Waals surface area contributed by atoms with Gasteiger partial charge in [-0.25, -0.2) is 8.42 Å². The van der Waals surface area contributed by atoms with E-state index >= 15 is 0 Å². The van der Waals surface area contributed by atoms with Gasteiger partial charge >= 0.3 is 0 Å². The smallest absolute Gasteiger partial charge is 0.243 e. The van der Waals surface area contributed by atoms with E-state index < -0.39 is 10.0 Å². The molecule has 1 fully saturated rings. The van der Waals surface area contributed by atoms with Crippen LogP contribution in [0.3, 0.4) is 0 Å². The first kappa shape index (κ1) is 22.6. The summed E-state index contributed by atoms with van der Waals surface area (Å²) in [6, 6.07) is 6.44. The van der Waals surface area contributed by atoms with Crippen LogP contribution < -0.4 is 14.8 Å². The number of aromatic nitrogens is 2. The van der Waals surface area contributed by atoms with Gasteiger partial charge in [-0.15, -0.1) is 0 Å². The van der Waals surface area contributed by atoms with E-state index in [1.807, 2.05) is 20.3 Å². The summed E-state index contributed by atoms with van der Waals surface area (Å²) in [4.78, 5) is 14.9. The highest BCUT2D eigenvalue weighted by atomic mass is 32.2. The van der Waals surface area contributed by atoms with Crippen molar-refractivity contribution in [2.24, 2.45) is 5.92 Å². The first-order chi connectivity index (χ1) is 15.3. The molecule has 1 aromatic heterocycles. The average molecular weight is 464 g/mol. The zero-order valence-electron chi connectivity index (χ0n) is 18.4. The van der Waals surface area contributed by atoms with Crippen LogP contribution in [0, 0.1) is 5.92 Å². The number of amides is 1. The monoisotopic (exact) mass is 463 g/mol. The molecule has 1 saturated heterocycles. The van der Waals surface area contributed by atoms with Gasteiger partial charge in [0, 0.05) is 43.9 Å². The van der Waals surface area contributed by atoms with Gasteiger partial charge in [0.2, 0.25) is 15.9 Å². The molecule has 0 radical (unpaired) electrons. The van der Waals surface area contributed by atoms with E-state index in [0.29, 0.717) is 43.4 Å². The van der Waals surface area contributed by atoms with Crippen LogP contribution in [0.5, 0.6) is 11.5 Å². The fourth-order valence-electron chi connectivity index (χ4n) is 3.78. The second-order valence-corrected chi connectivity index (χ2v) is 10.2. The molecule has 4 rings (SSSR count). The standard InChI is InChI=1S/C21H29N5O5S/c1-24(2)11-12-25-8-7-20(23-25)22-21(27)16-5-9-26(10-6-16)32(28,29)17-3-4-18-19(15-17)31-14-13-30-18/h3-4,7-8,15-16H,5-6,9-14H2,1-2H3,(H,22,23,27). The highest BCUT2D eigenvalue weighted by Crippen LogP contribution is 2.34. The quantitative estimate of drug-likeness (QED) is 0.659. The Labute approximate surface area is 188 Å². The number of likely N-dealkylation sites (N-methyl/N-ethyl adjacent to an activating group) is 1. The first-order valence-corrected chi connectivity index (χ1v) is 12.2. The van der Waals surface area contributed by atoms with Crippen LogP contribution in [0.1, 0.15) is 12.8 Å². The zero-order chi connectivity index (χ0) is 22.7. The Hall–Kier alpha value is -2.63. The molecular formula is C21H29N5O5S. The lowest BCUT2D eigenvalue weighted by Gasteiger charge is -2.30. The van der Waals surface area contributed by atoms with E-state index in [1.165, 1.54) is 16.4 Å². The number of rotatable bonds is 7. The molecule has 0 aliphatic carbocycles. The van der Waals surface area contributed by atoms with Gasteiger partial charge in [0.25, 0.3) is 0 Å². The molecule has 3 heterocycles. The topological polar surface area (TPSA) is 106 Å². The van der Waals surface area contributed by atoms with Crippen molar-refractivity contribution < 1.29 is 22.7 Å². The molecule has 2 aliphatic heterocycles. The minimum absolute atomic E-state index is 0.126. The number of carbonyl (C=O) groups excluding carboxylic acids is 1. The molecule has 0 atom stereocenters. The molecule has 0 saturated carbocycles. The Morgan fingerprint density at radius 3 is 2.59 bits per heavy atom. The predicted octanol–water partition coefficient (Wildman–Crippen LogP) is 1.26. The minimum atomic E-state index is -3.67. The summed E-state index contributed by atoms with van der Waals surface area (Å²) < 4.78 is 40.3. The summed E-state index contributed by atoms with van der Waals surface area (Å²) >= 11 is 0. The molecule has 1 aromatic carbocycles. The molecule has 0 unspecified atom stereocenters. The van der Waals surface area contributed by atoms with Gasteiger partial charge in [-0.3, -0.25) is 9.48 Å². The normalized spacial score (nSPS) is 17.5. The van der Waals surface area contributed by atoms with Crippen molar-refractivity contribution in [2.45, 2.75) is 24.3 Å². The van der Waals surface area contributed by atoms with E-state index in [-0.39, 0.29) is 29.8 Å². The van der Waals surface area contributed by atoms with Crippen LogP contribution in [0.4, 0.5) is 5.82 Å². The fraction of sp³-hybridized carbons (Fsp3) is 0.524. The number of fused-ring (bicyclic) bond motifs is 1. The van der Waals surface area contributed by atoms with Gasteiger partial charge in [0.05, 0.1) is 11.4 Å². The molecule has 0 spiro atoms. The number of sulfonamides is 1. The van der Waals surface area contributed by atoms with Crippen molar-refractivity contribution in [3.05, 3.63) is 30.5 Å². The van der Waals surface area contributed by atoms with Crippen molar-refractivity contribution in [1.82, 2.24) is 19.0 Å². The lowest BCUT2D eigenvalue weighted by molar-refractivity contribution is -0.120. The van der Waals surface area contributed by atoms with Crippen LogP contribution in [-0.4, -0.2) is 80.3 Å². The number of piperidine rings is 1. The SMILES string of the molecule is CN(C)CCn1ccc(NC(=O)C2CCN(S(=O)(=O)c3ccc4c(c3)OCCO4)CC2)n1. The van der Waals surface area contributed by atoms with Crippen LogP contribution in [0.15, 0.2) is 35.4 Å². The first-order valence-electron chi connectivity index (χ1n) is 10.7. The second-order valence-electron chi connectivity index (χ2n) is 8.24. The summed E-state index contributed by atoms with van der Waals surface area (Å²) in [6.07, 6.45) is 2.75. The van der Waals surface area contributed by atoms with Gasteiger partial charge in [-0.1, -0.05) is 0 Å². The maximum atomic E-state index is 13.1. The van der Waals surface area contributed by atoms with Crippen LogP contribution in [0.2, 0.25) is 0 Å².